The third kappa shape index (κ3) is 5.86. The number of nitrogens with two attached hydrogens (primary N) is 1. The van der Waals surface area contributed by atoms with Crippen LogP contribution in [0.5, 0.6) is 0 Å². The van der Waals surface area contributed by atoms with Crippen molar-refractivity contribution in [3.63, 3.8) is 0 Å². The maximum absolute atomic E-state index is 12.1. The normalized spacial score (nSPS) is 15.7. The number of thiol groups is 2. The number of amides is 1. The standard InChI is InChI=1S/C15H17N3O4.H2S2/c16-7-9-21-14(19)13-2-1-8-18(13)15(20)22-10-11-3-5-12(17)6-4-11;1-2/h3-6,13H,1-2,8-10,17H2;1-2H. The van der Waals surface area contributed by atoms with Crippen LogP contribution in [0.4, 0.5) is 10.5 Å². The van der Waals surface area contributed by atoms with Crippen molar-refractivity contribution in [2.24, 2.45) is 0 Å². The number of carbonyl (C=O) groups is 2. The van der Waals surface area contributed by atoms with Gasteiger partial charge < -0.3 is 15.2 Å². The Bertz CT molecular complexity index is 589. The fourth-order valence-electron chi connectivity index (χ4n) is 2.27. The van der Waals surface area contributed by atoms with E-state index in [2.05, 4.69) is 23.3 Å². The van der Waals surface area contributed by atoms with Crippen LogP contribution in [0.25, 0.3) is 0 Å². The van der Waals surface area contributed by atoms with Crippen molar-refractivity contribution in [2.75, 3.05) is 18.9 Å². The largest absolute Gasteiger partial charge is 0.449 e. The van der Waals surface area contributed by atoms with Gasteiger partial charge in [0.05, 0.1) is 0 Å². The molecule has 1 heterocycles. The van der Waals surface area contributed by atoms with E-state index < -0.39 is 18.1 Å². The topological polar surface area (TPSA) is 106 Å². The average molecular weight is 369 g/mol. The van der Waals surface area contributed by atoms with E-state index >= 15 is 0 Å². The van der Waals surface area contributed by atoms with Gasteiger partial charge in [-0.1, -0.05) is 12.1 Å². The molecule has 24 heavy (non-hydrogen) atoms. The van der Waals surface area contributed by atoms with Crippen LogP contribution < -0.4 is 5.73 Å². The molecule has 0 aliphatic carbocycles. The quantitative estimate of drug-likeness (QED) is 0.325. The molecule has 1 aliphatic rings. The number of hydrogen-bond acceptors (Lipinski definition) is 8. The molecule has 0 spiro atoms. The number of esters is 1. The first-order valence-corrected chi connectivity index (χ1v) is 8.73. The minimum Gasteiger partial charge on any atom is -0.449 e. The van der Waals surface area contributed by atoms with Gasteiger partial charge in [0.2, 0.25) is 0 Å². The zero-order valence-electron chi connectivity index (χ0n) is 12.9. The van der Waals surface area contributed by atoms with Crippen molar-refractivity contribution in [1.82, 2.24) is 4.90 Å². The molecule has 0 saturated carbocycles. The van der Waals surface area contributed by atoms with Crippen molar-refractivity contribution in [3.05, 3.63) is 29.8 Å². The summed E-state index contributed by atoms with van der Waals surface area (Å²) in [5.41, 5.74) is 7.03. The summed E-state index contributed by atoms with van der Waals surface area (Å²) in [5.74, 6) is -0.566. The summed E-state index contributed by atoms with van der Waals surface area (Å²) in [4.78, 5) is 25.2. The van der Waals surface area contributed by atoms with Crippen molar-refractivity contribution >= 4 is 41.1 Å². The maximum Gasteiger partial charge on any atom is 0.410 e. The predicted octanol–water partition coefficient (Wildman–Crippen LogP) is 2.20. The maximum atomic E-state index is 12.1. The van der Waals surface area contributed by atoms with Crippen molar-refractivity contribution in [3.8, 4) is 6.07 Å². The Balaban J connectivity index is 0.00000139. The number of ether oxygens (including phenoxy) is 2. The highest BCUT2D eigenvalue weighted by Crippen LogP contribution is 2.20. The number of anilines is 1. The highest BCUT2D eigenvalue weighted by Gasteiger charge is 2.36. The fourth-order valence-corrected chi connectivity index (χ4v) is 2.27. The summed E-state index contributed by atoms with van der Waals surface area (Å²) in [6.07, 6.45) is 0.651. The van der Waals surface area contributed by atoms with Gasteiger partial charge in [0.15, 0.2) is 6.61 Å². The average Bonchev–Trinajstić information content (AvgIpc) is 3.10. The van der Waals surface area contributed by atoms with E-state index in [0.29, 0.717) is 25.1 Å². The molecule has 1 aliphatic heterocycles. The number of nitrogen functional groups attached to an aromatic ring is 1. The van der Waals surface area contributed by atoms with Gasteiger partial charge in [-0.3, -0.25) is 4.90 Å². The third-order valence-electron chi connectivity index (χ3n) is 3.38. The molecule has 0 radical (unpaired) electrons. The Morgan fingerprint density at radius 3 is 2.58 bits per heavy atom. The van der Waals surface area contributed by atoms with Crippen molar-refractivity contribution in [1.29, 1.82) is 5.26 Å². The molecule has 1 saturated heterocycles. The lowest BCUT2D eigenvalue weighted by molar-refractivity contribution is -0.147. The first kappa shape index (κ1) is 20.0. The minimum absolute atomic E-state index is 0.107. The van der Waals surface area contributed by atoms with Crippen LogP contribution in [-0.4, -0.2) is 36.2 Å². The van der Waals surface area contributed by atoms with Gasteiger partial charge in [0, 0.05) is 12.2 Å². The van der Waals surface area contributed by atoms with E-state index in [4.69, 9.17) is 20.5 Å². The van der Waals surface area contributed by atoms with Crippen LogP contribution in [0.1, 0.15) is 18.4 Å². The number of rotatable bonds is 4. The lowest BCUT2D eigenvalue weighted by Crippen LogP contribution is -2.41. The lowest BCUT2D eigenvalue weighted by Gasteiger charge is -2.22. The molecule has 1 unspecified atom stereocenters. The van der Waals surface area contributed by atoms with Crippen LogP contribution in [0, 0.1) is 11.3 Å². The Kier molecular flexibility index (Phi) is 8.89. The molecule has 2 rings (SSSR count). The second-order valence-electron chi connectivity index (χ2n) is 4.91. The molecule has 1 atom stereocenters. The van der Waals surface area contributed by atoms with Gasteiger partial charge in [-0.25, -0.2) is 9.59 Å². The van der Waals surface area contributed by atoms with Crippen LogP contribution in [0.15, 0.2) is 24.3 Å². The molecule has 0 bridgehead atoms. The van der Waals surface area contributed by atoms with Crippen LogP contribution in [0.2, 0.25) is 0 Å². The molecule has 1 aromatic rings. The summed E-state index contributed by atoms with van der Waals surface area (Å²) in [5, 5.41) is 8.42. The Hall–Kier alpha value is -2.05. The van der Waals surface area contributed by atoms with E-state index in [1.54, 1.807) is 30.3 Å². The number of likely N-dealkylation sites (tertiary alicyclic amines) is 1. The molecule has 2 N–H and O–H groups in total. The van der Waals surface area contributed by atoms with Gasteiger partial charge in [-0.15, -0.1) is 23.3 Å². The van der Waals surface area contributed by atoms with Crippen molar-refractivity contribution < 1.29 is 19.1 Å². The zero-order chi connectivity index (χ0) is 17.9. The SMILES string of the molecule is N#CCOC(=O)C1CCCN1C(=O)OCc1ccc(N)cc1.SS. The number of nitriles is 1. The molecule has 130 valence electrons. The van der Waals surface area contributed by atoms with Gasteiger partial charge in [-0.2, -0.15) is 5.26 Å². The molecule has 1 fully saturated rings. The highest BCUT2D eigenvalue weighted by atomic mass is 33.1. The zero-order valence-corrected chi connectivity index (χ0v) is 14.7. The van der Waals surface area contributed by atoms with E-state index in [1.165, 1.54) is 4.90 Å². The highest BCUT2D eigenvalue weighted by molar-refractivity contribution is 8.59. The molecular formula is C15H19N3O4S2. The van der Waals surface area contributed by atoms with E-state index in [-0.39, 0.29) is 13.2 Å². The summed E-state index contributed by atoms with van der Waals surface area (Å²) >= 11 is 6.44. The monoisotopic (exact) mass is 369 g/mol. The number of hydrogen-bond donors (Lipinski definition) is 3. The minimum atomic E-state index is -0.674. The molecule has 1 amide bonds. The van der Waals surface area contributed by atoms with E-state index in [1.807, 2.05) is 0 Å². The van der Waals surface area contributed by atoms with Gasteiger partial charge >= 0.3 is 12.1 Å². The first-order chi connectivity index (χ1) is 11.6. The molecule has 9 heteroatoms. The molecule has 1 aromatic carbocycles. The summed E-state index contributed by atoms with van der Waals surface area (Å²) in [6.45, 7) is 0.228. The Labute approximate surface area is 150 Å². The number of carbonyl (C=O) groups excluding carboxylic acids is 2. The van der Waals surface area contributed by atoms with Crippen LogP contribution in [-0.2, 0) is 20.9 Å². The van der Waals surface area contributed by atoms with Crippen LogP contribution >= 0.6 is 23.3 Å². The van der Waals surface area contributed by atoms with Crippen molar-refractivity contribution in [2.45, 2.75) is 25.5 Å². The second kappa shape index (κ2) is 10.7. The number of nitrogens with zero attached hydrogens (tertiary/aromatic N) is 2. The Morgan fingerprint density at radius 1 is 1.29 bits per heavy atom. The third-order valence-corrected chi connectivity index (χ3v) is 3.38. The summed E-state index contributed by atoms with van der Waals surface area (Å²) in [6, 6.07) is 8.04. The predicted molar refractivity (Wildman–Crippen MR) is 95.3 cm³/mol. The van der Waals surface area contributed by atoms with Gasteiger partial charge in [0.1, 0.15) is 18.7 Å². The number of benzene rings is 1. The van der Waals surface area contributed by atoms with Gasteiger partial charge in [0.25, 0.3) is 0 Å². The molecule has 7 nitrogen and oxygen atoms in total. The van der Waals surface area contributed by atoms with E-state index in [9.17, 15) is 9.59 Å². The van der Waals surface area contributed by atoms with Crippen LogP contribution in [0.3, 0.4) is 0 Å². The lowest BCUT2D eigenvalue weighted by atomic mass is 10.2. The summed E-state index contributed by atoms with van der Waals surface area (Å²) in [7, 11) is 0. The molecule has 0 aromatic heterocycles. The summed E-state index contributed by atoms with van der Waals surface area (Å²) < 4.78 is 9.98. The smallest absolute Gasteiger partial charge is 0.410 e. The first-order valence-electron chi connectivity index (χ1n) is 7.13. The van der Waals surface area contributed by atoms with E-state index in [0.717, 1.165) is 5.56 Å². The fraction of sp³-hybridized carbons (Fsp3) is 0.400. The second-order valence-corrected chi connectivity index (χ2v) is 4.91. The molecular weight excluding hydrogens is 350 g/mol. The Morgan fingerprint density at radius 2 is 1.96 bits per heavy atom. The van der Waals surface area contributed by atoms with Gasteiger partial charge in [-0.05, 0) is 30.5 Å².